The van der Waals surface area contributed by atoms with E-state index in [1.807, 2.05) is 42.5 Å². The summed E-state index contributed by atoms with van der Waals surface area (Å²) in [6.45, 7) is 3.78. The van der Waals surface area contributed by atoms with Crippen molar-refractivity contribution in [1.82, 2.24) is 5.43 Å². The Morgan fingerprint density at radius 3 is 2.36 bits per heavy atom. The number of carbonyl (C=O) groups is 3. The molecule has 10 nitrogen and oxygen atoms in total. The molecule has 3 amide bonds. The topological polar surface area (TPSA) is 127 Å². The van der Waals surface area contributed by atoms with Crippen LogP contribution in [0.1, 0.15) is 18.1 Å². The zero-order valence-electron chi connectivity index (χ0n) is 21.3. The number of nitrogens with zero attached hydrogens (tertiary/aromatic N) is 1. The van der Waals surface area contributed by atoms with Gasteiger partial charge in [-0.3, -0.25) is 14.4 Å². The number of amides is 3. The van der Waals surface area contributed by atoms with Crippen LogP contribution in [0.2, 0.25) is 5.02 Å². The summed E-state index contributed by atoms with van der Waals surface area (Å²) in [4.78, 5) is 36.6. The molecular formula is C27H26ClIN4O6. The third-order valence-electron chi connectivity index (χ3n) is 5.07. The maximum absolute atomic E-state index is 12.4. The molecule has 0 heterocycles. The Bertz CT molecular complexity index is 1380. The molecule has 0 aliphatic rings. The zero-order chi connectivity index (χ0) is 28.4. The number of ether oxygens (including phenoxy) is 3. The molecule has 3 aromatic carbocycles. The first-order chi connectivity index (χ1) is 18.7. The van der Waals surface area contributed by atoms with E-state index in [2.05, 4.69) is 21.2 Å². The summed E-state index contributed by atoms with van der Waals surface area (Å²) < 4.78 is 17.1. The lowest BCUT2D eigenvalue weighted by atomic mass is 10.2. The second-order valence-corrected chi connectivity index (χ2v) is 9.51. The Hall–Kier alpha value is -3.84. The van der Waals surface area contributed by atoms with Gasteiger partial charge in [0.1, 0.15) is 5.75 Å². The Morgan fingerprint density at radius 2 is 1.69 bits per heavy atom. The van der Waals surface area contributed by atoms with Gasteiger partial charge in [-0.1, -0.05) is 17.7 Å². The standard InChI is InChI=1S/C27H26ClIN4O6/c1-4-38-23-12-17(14-30-33-27(36)26(35)32-18-7-9-20(37-3)10-8-18)11-22(29)25(23)39-15-24(34)31-19-6-5-16(2)21(28)13-19/h5-14H,4,15H2,1-3H3,(H,31,34)(H,32,35)(H,33,36)/b30-14-. The van der Waals surface area contributed by atoms with Crippen molar-refractivity contribution >= 4 is 69.5 Å². The summed E-state index contributed by atoms with van der Waals surface area (Å²) in [5, 5.41) is 9.62. The van der Waals surface area contributed by atoms with Crippen molar-refractivity contribution in [2.24, 2.45) is 5.10 Å². The molecule has 3 aromatic rings. The number of anilines is 2. The lowest BCUT2D eigenvalue weighted by Gasteiger charge is -2.15. The predicted molar refractivity (Wildman–Crippen MR) is 158 cm³/mol. The van der Waals surface area contributed by atoms with E-state index in [9.17, 15) is 14.4 Å². The van der Waals surface area contributed by atoms with E-state index in [1.165, 1.54) is 13.3 Å². The minimum absolute atomic E-state index is 0.256. The van der Waals surface area contributed by atoms with Crippen LogP contribution in [0.3, 0.4) is 0 Å². The molecule has 0 spiro atoms. The summed E-state index contributed by atoms with van der Waals surface area (Å²) in [7, 11) is 1.53. The number of halogens is 2. The Balaban J connectivity index is 1.60. The van der Waals surface area contributed by atoms with Crippen LogP contribution in [0.4, 0.5) is 11.4 Å². The minimum atomic E-state index is -0.942. The van der Waals surface area contributed by atoms with Crippen LogP contribution in [0.25, 0.3) is 0 Å². The largest absolute Gasteiger partial charge is 0.497 e. The number of aryl methyl sites for hydroxylation is 1. The van der Waals surface area contributed by atoms with Gasteiger partial charge in [0, 0.05) is 16.4 Å². The summed E-state index contributed by atoms with van der Waals surface area (Å²) in [5.74, 6) is -0.792. The fourth-order valence-corrected chi connectivity index (χ4v) is 4.11. The van der Waals surface area contributed by atoms with E-state index in [0.29, 0.717) is 49.4 Å². The van der Waals surface area contributed by atoms with Crippen molar-refractivity contribution < 1.29 is 28.6 Å². The quantitative estimate of drug-likeness (QED) is 0.124. The Morgan fingerprint density at radius 1 is 0.974 bits per heavy atom. The first-order valence-electron chi connectivity index (χ1n) is 11.6. The van der Waals surface area contributed by atoms with Gasteiger partial charge in [0.05, 0.1) is 23.5 Å². The van der Waals surface area contributed by atoms with Crippen LogP contribution < -0.4 is 30.3 Å². The number of hydrogen-bond donors (Lipinski definition) is 3. The van der Waals surface area contributed by atoms with E-state index < -0.39 is 11.8 Å². The molecule has 0 bridgehead atoms. The van der Waals surface area contributed by atoms with Crippen molar-refractivity contribution in [3.05, 3.63) is 74.3 Å². The van der Waals surface area contributed by atoms with Crippen molar-refractivity contribution in [2.75, 3.05) is 31.0 Å². The fourth-order valence-electron chi connectivity index (χ4n) is 3.15. The van der Waals surface area contributed by atoms with Crippen LogP contribution in [0, 0.1) is 10.5 Å². The number of rotatable bonds is 10. The van der Waals surface area contributed by atoms with Gasteiger partial charge in [0.25, 0.3) is 5.91 Å². The molecule has 0 aliphatic carbocycles. The SMILES string of the molecule is CCOc1cc(/C=N\NC(=O)C(=O)Nc2ccc(OC)cc2)cc(I)c1OCC(=O)Nc1ccc(C)c(Cl)c1. The number of methoxy groups -OCH3 is 1. The highest BCUT2D eigenvalue weighted by Crippen LogP contribution is 2.34. The molecule has 0 radical (unpaired) electrons. The molecule has 0 saturated carbocycles. The summed E-state index contributed by atoms with van der Waals surface area (Å²) in [6.07, 6.45) is 1.36. The highest BCUT2D eigenvalue weighted by atomic mass is 127. The molecule has 0 aromatic heterocycles. The molecule has 12 heteroatoms. The normalized spacial score (nSPS) is 10.6. The number of benzene rings is 3. The van der Waals surface area contributed by atoms with Crippen molar-refractivity contribution in [3.63, 3.8) is 0 Å². The number of carbonyl (C=O) groups excluding carboxylic acids is 3. The van der Waals surface area contributed by atoms with E-state index in [1.54, 1.807) is 48.5 Å². The minimum Gasteiger partial charge on any atom is -0.497 e. The van der Waals surface area contributed by atoms with Crippen molar-refractivity contribution in [3.8, 4) is 17.2 Å². The molecule has 3 rings (SSSR count). The van der Waals surface area contributed by atoms with Crippen LogP contribution in [0.15, 0.2) is 59.7 Å². The second kappa shape index (κ2) is 14.4. The van der Waals surface area contributed by atoms with Gasteiger partial charge in [0.2, 0.25) is 0 Å². The van der Waals surface area contributed by atoms with E-state index in [0.717, 1.165) is 5.56 Å². The third kappa shape index (κ3) is 8.86. The molecule has 3 N–H and O–H groups in total. The molecule has 0 aliphatic heterocycles. The molecule has 0 fully saturated rings. The summed E-state index contributed by atoms with van der Waals surface area (Å²) in [5.41, 5.74) is 4.66. The molecule has 204 valence electrons. The number of hydrogen-bond acceptors (Lipinski definition) is 7. The summed E-state index contributed by atoms with van der Waals surface area (Å²) >= 11 is 8.16. The summed E-state index contributed by atoms with van der Waals surface area (Å²) in [6, 6.07) is 15.1. The van der Waals surface area contributed by atoms with Gasteiger partial charge >= 0.3 is 11.8 Å². The van der Waals surface area contributed by atoms with Gasteiger partial charge in [0.15, 0.2) is 18.1 Å². The molecule has 0 saturated heterocycles. The van der Waals surface area contributed by atoms with Gasteiger partial charge in [-0.15, -0.1) is 0 Å². The van der Waals surface area contributed by atoms with E-state index in [-0.39, 0.29) is 12.5 Å². The lowest BCUT2D eigenvalue weighted by Crippen LogP contribution is -2.32. The first-order valence-corrected chi connectivity index (χ1v) is 13.1. The highest BCUT2D eigenvalue weighted by Gasteiger charge is 2.15. The number of nitrogens with one attached hydrogen (secondary N) is 3. The van der Waals surface area contributed by atoms with Crippen molar-refractivity contribution in [2.45, 2.75) is 13.8 Å². The lowest BCUT2D eigenvalue weighted by molar-refractivity contribution is -0.136. The van der Waals surface area contributed by atoms with Crippen LogP contribution in [-0.2, 0) is 14.4 Å². The Kier molecular flexibility index (Phi) is 10.9. The molecule has 0 atom stereocenters. The van der Waals surface area contributed by atoms with Crippen LogP contribution in [0.5, 0.6) is 17.2 Å². The van der Waals surface area contributed by atoms with Crippen molar-refractivity contribution in [1.29, 1.82) is 0 Å². The van der Waals surface area contributed by atoms with Gasteiger partial charge in [-0.25, -0.2) is 5.43 Å². The van der Waals surface area contributed by atoms with Gasteiger partial charge in [-0.2, -0.15) is 5.10 Å². The number of hydrazone groups is 1. The molecule has 0 unspecified atom stereocenters. The predicted octanol–water partition coefficient (Wildman–Crippen LogP) is 4.77. The Labute approximate surface area is 244 Å². The van der Waals surface area contributed by atoms with E-state index in [4.69, 9.17) is 25.8 Å². The van der Waals surface area contributed by atoms with Gasteiger partial charge in [-0.05, 0) is 96.1 Å². The average Bonchev–Trinajstić information content (AvgIpc) is 2.91. The molecular weight excluding hydrogens is 639 g/mol. The second-order valence-electron chi connectivity index (χ2n) is 7.95. The van der Waals surface area contributed by atoms with Crippen LogP contribution >= 0.6 is 34.2 Å². The van der Waals surface area contributed by atoms with E-state index >= 15 is 0 Å². The average molecular weight is 665 g/mol. The van der Waals surface area contributed by atoms with Gasteiger partial charge < -0.3 is 24.8 Å². The first kappa shape index (κ1) is 29.7. The smallest absolute Gasteiger partial charge is 0.329 e. The molecule has 39 heavy (non-hydrogen) atoms. The monoisotopic (exact) mass is 664 g/mol. The maximum atomic E-state index is 12.4. The maximum Gasteiger partial charge on any atom is 0.329 e. The zero-order valence-corrected chi connectivity index (χ0v) is 24.3. The fraction of sp³-hybridized carbons (Fsp3) is 0.185. The third-order valence-corrected chi connectivity index (χ3v) is 6.28. The highest BCUT2D eigenvalue weighted by molar-refractivity contribution is 14.1. The van der Waals surface area contributed by atoms with Crippen LogP contribution in [-0.4, -0.2) is 44.3 Å².